The van der Waals surface area contributed by atoms with Gasteiger partial charge in [-0.3, -0.25) is 15.1 Å². The number of nitrogens with zero attached hydrogens (tertiary/aromatic N) is 3. The van der Waals surface area contributed by atoms with E-state index in [1.54, 1.807) is 6.92 Å². The molecule has 140 valence electrons. The summed E-state index contributed by atoms with van der Waals surface area (Å²) in [5, 5.41) is 2.46. The quantitative estimate of drug-likeness (QED) is 0.234. The number of aromatic nitrogens is 2. The number of nitrogens with two attached hydrogens (primary N) is 4. The molecule has 0 spiro atoms. The van der Waals surface area contributed by atoms with Gasteiger partial charge in [0.25, 0.3) is 5.91 Å². The molecule has 0 unspecified atom stereocenters. The van der Waals surface area contributed by atoms with Crippen molar-refractivity contribution in [3.05, 3.63) is 11.4 Å². The summed E-state index contributed by atoms with van der Waals surface area (Å²) in [6, 6.07) is 0. The molecule has 0 saturated heterocycles. The largest absolute Gasteiger partial charge is 0.382 e. The molecule has 0 aliphatic heterocycles. The molecule has 0 aromatic carbocycles. The molecule has 0 saturated carbocycles. The zero-order valence-corrected chi connectivity index (χ0v) is 14.9. The predicted molar refractivity (Wildman–Crippen MR) is 101 cm³/mol. The van der Waals surface area contributed by atoms with Crippen molar-refractivity contribution in [3.63, 3.8) is 0 Å². The van der Waals surface area contributed by atoms with Crippen LogP contribution in [-0.2, 0) is 0 Å². The van der Waals surface area contributed by atoms with Gasteiger partial charge in [-0.25, -0.2) is 9.97 Å². The van der Waals surface area contributed by atoms with Crippen molar-refractivity contribution in [1.82, 2.24) is 15.3 Å². The highest BCUT2D eigenvalue weighted by molar-refractivity contribution is 6.06. The summed E-state index contributed by atoms with van der Waals surface area (Å²) in [5.74, 6) is -0.348. The van der Waals surface area contributed by atoms with Gasteiger partial charge in [-0.2, -0.15) is 0 Å². The first-order chi connectivity index (χ1) is 12.0. The van der Waals surface area contributed by atoms with Gasteiger partial charge in [0, 0.05) is 6.54 Å². The molecule has 1 rings (SSSR count). The van der Waals surface area contributed by atoms with Crippen LogP contribution in [0.4, 0.5) is 11.6 Å². The van der Waals surface area contributed by atoms with Gasteiger partial charge < -0.3 is 22.9 Å². The lowest BCUT2D eigenvalue weighted by atomic mass is 10.1. The Labute approximate surface area is 148 Å². The number of guanidine groups is 1. The van der Waals surface area contributed by atoms with Gasteiger partial charge in [-0.1, -0.05) is 32.1 Å². The van der Waals surface area contributed by atoms with Crippen molar-refractivity contribution >= 4 is 23.5 Å². The predicted octanol–water partition coefficient (Wildman–Crippen LogP) is 0.683. The van der Waals surface area contributed by atoms with E-state index in [9.17, 15) is 4.79 Å². The Kier molecular flexibility index (Phi) is 9.23. The average Bonchev–Trinajstić information content (AvgIpc) is 2.56. The topological polar surface area (TPSA) is 171 Å². The molecule has 0 aliphatic carbocycles. The van der Waals surface area contributed by atoms with Crippen molar-refractivity contribution in [3.8, 4) is 0 Å². The number of unbranched alkanes of at least 4 members (excludes halogenated alkanes) is 6. The third-order valence-corrected chi connectivity index (χ3v) is 3.73. The number of carbonyl (C=O) groups excluding carboxylic acids is 1. The Balaban J connectivity index is 2.31. The Morgan fingerprint density at radius 2 is 1.60 bits per heavy atom. The minimum Gasteiger partial charge on any atom is -0.382 e. The van der Waals surface area contributed by atoms with Gasteiger partial charge >= 0.3 is 0 Å². The first-order valence-corrected chi connectivity index (χ1v) is 8.66. The molecular weight excluding hydrogens is 320 g/mol. The van der Waals surface area contributed by atoms with Crippen LogP contribution in [0.15, 0.2) is 4.99 Å². The second-order valence-electron chi connectivity index (χ2n) is 5.91. The molecule has 1 aromatic heterocycles. The molecule has 25 heavy (non-hydrogen) atoms. The van der Waals surface area contributed by atoms with Crippen molar-refractivity contribution in [2.75, 3.05) is 24.6 Å². The van der Waals surface area contributed by atoms with Crippen molar-refractivity contribution in [1.29, 1.82) is 0 Å². The van der Waals surface area contributed by atoms with E-state index in [1.165, 1.54) is 25.7 Å². The third kappa shape index (κ3) is 7.79. The fourth-order valence-electron chi connectivity index (χ4n) is 2.27. The monoisotopic (exact) mass is 350 g/mol. The van der Waals surface area contributed by atoms with Gasteiger partial charge in [-0.05, 0) is 26.3 Å². The highest BCUT2D eigenvalue weighted by atomic mass is 16.2. The highest BCUT2D eigenvalue weighted by Crippen LogP contribution is 2.11. The third-order valence-electron chi connectivity index (χ3n) is 3.73. The maximum atomic E-state index is 12.1. The lowest BCUT2D eigenvalue weighted by Gasteiger charge is -2.08. The van der Waals surface area contributed by atoms with Gasteiger partial charge in [0.15, 0.2) is 17.5 Å². The van der Waals surface area contributed by atoms with Gasteiger partial charge in [0.05, 0.1) is 5.69 Å². The van der Waals surface area contributed by atoms with E-state index in [1.807, 2.05) is 0 Å². The number of carbonyl (C=O) groups is 1. The van der Waals surface area contributed by atoms with Crippen LogP contribution in [0.1, 0.15) is 61.1 Å². The van der Waals surface area contributed by atoms with Gasteiger partial charge in [0.1, 0.15) is 5.82 Å². The van der Waals surface area contributed by atoms with E-state index in [-0.39, 0.29) is 23.3 Å². The second-order valence-corrected chi connectivity index (χ2v) is 5.91. The second kappa shape index (κ2) is 11.2. The van der Waals surface area contributed by atoms with E-state index in [0.29, 0.717) is 12.2 Å². The first-order valence-electron chi connectivity index (χ1n) is 8.66. The minimum absolute atomic E-state index is 0.0117. The number of aryl methyl sites for hydroxylation is 1. The summed E-state index contributed by atoms with van der Waals surface area (Å²) in [7, 11) is 0. The van der Waals surface area contributed by atoms with E-state index >= 15 is 0 Å². The van der Waals surface area contributed by atoms with E-state index in [2.05, 4.69) is 20.3 Å². The number of aliphatic imine (C=N–C) groups is 1. The van der Waals surface area contributed by atoms with Crippen LogP contribution in [0.2, 0.25) is 0 Å². The normalized spacial score (nSPS) is 11.5. The van der Waals surface area contributed by atoms with E-state index in [4.69, 9.17) is 22.9 Å². The van der Waals surface area contributed by atoms with Gasteiger partial charge in [-0.15, -0.1) is 0 Å². The number of rotatable bonds is 10. The summed E-state index contributed by atoms with van der Waals surface area (Å²) < 4.78 is 0. The number of nitrogens with one attached hydrogen (secondary N) is 1. The smallest absolute Gasteiger partial charge is 0.280 e. The van der Waals surface area contributed by atoms with Crippen LogP contribution in [0, 0.1) is 6.92 Å². The standard InChI is InChI=1S/C16H30N8O/c1-11-13(18)23-14(19)12(22-11)15(25)24-16(20)21-10-8-6-4-2-3-5-7-9-17/h2-10,17H2,1H3,(H4,18,19,23)(H3,20,21,24,25). The van der Waals surface area contributed by atoms with Crippen molar-refractivity contribution in [2.45, 2.75) is 51.9 Å². The Hall–Kier alpha value is -2.42. The van der Waals surface area contributed by atoms with Crippen LogP contribution < -0.4 is 28.3 Å². The molecule has 9 N–H and O–H groups in total. The number of hydrogen-bond donors (Lipinski definition) is 5. The maximum Gasteiger partial charge on any atom is 0.280 e. The Morgan fingerprint density at radius 1 is 1.00 bits per heavy atom. The molecule has 1 aromatic rings. The van der Waals surface area contributed by atoms with Crippen LogP contribution in [0.25, 0.3) is 0 Å². The van der Waals surface area contributed by atoms with Crippen molar-refractivity contribution in [2.24, 2.45) is 16.5 Å². The van der Waals surface area contributed by atoms with Gasteiger partial charge in [0.2, 0.25) is 0 Å². The number of nitrogen functional groups attached to an aromatic ring is 2. The number of hydrogen-bond acceptors (Lipinski definition) is 7. The lowest BCUT2D eigenvalue weighted by Crippen LogP contribution is -2.38. The molecule has 0 atom stereocenters. The van der Waals surface area contributed by atoms with Crippen LogP contribution in [-0.4, -0.2) is 34.9 Å². The zero-order chi connectivity index (χ0) is 18.7. The Bertz CT molecular complexity index is 588. The van der Waals surface area contributed by atoms with E-state index < -0.39 is 5.91 Å². The Morgan fingerprint density at radius 3 is 2.24 bits per heavy atom. The summed E-state index contributed by atoms with van der Waals surface area (Å²) in [6.45, 7) is 2.98. The zero-order valence-electron chi connectivity index (χ0n) is 14.9. The molecule has 0 radical (unpaired) electrons. The first kappa shape index (κ1) is 20.6. The molecule has 0 fully saturated rings. The number of amides is 1. The highest BCUT2D eigenvalue weighted by Gasteiger charge is 2.15. The molecule has 9 heteroatoms. The van der Waals surface area contributed by atoms with Crippen molar-refractivity contribution < 1.29 is 4.79 Å². The SMILES string of the molecule is Cc1nc(C(=O)NC(N)=NCCCCCCCCCN)c(N)nc1N. The van der Waals surface area contributed by atoms with E-state index in [0.717, 1.165) is 25.8 Å². The fraction of sp³-hybridized carbons (Fsp3) is 0.625. The maximum absolute atomic E-state index is 12.1. The summed E-state index contributed by atoms with van der Waals surface area (Å²) >= 11 is 0. The minimum atomic E-state index is -0.547. The molecular formula is C16H30N8O. The fourth-order valence-corrected chi connectivity index (χ4v) is 2.27. The summed E-state index contributed by atoms with van der Waals surface area (Å²) in [6.07, 6.45) is 7.92. The molecule has 1 heterocycles. The number of anilines is 2. The average molecular weight is 350 g/mol. The summed E-state index contributed by atoms with van der Waals surface area (Å²) in [4.78, 5) is 24.1. The van der Waals surface area contributed by atoms with Crippen LogP contribution in [0.5, 0.6) is 0 Å². The van der Waals surface area contributed by atoms with Crippen LogP contribution >= 0.6 is 0 Å². The molecule has 0 aliphatic rings. The molecule has 9 nitrogen and oxygen atoms in total. The molecule has 0 bridgehead atoms. The molecule has 1 amide bonds. The lowest BCUT2D eigenvalue weighted by molar-refractivity contribution is 0.0972. The summed E-state index contributed by atoms with van der Waals surface area (Å²) in [5.41, 5.74) is 22.8. The van der Waals surface area contributed by atoms with Crippen LogP contribution in [0.3, 0.4) is 0 Å².